The largest absolute Gasteiger partial charge is 0.340 e. The van der Waals surface area contributed by atoms with Crippen molar-refractivity contribution >= 4 is 0 Å². The van der Waals surface area contributed by atoms with Crippen molar-refractivity contribution in [3.63, 3.8) is 0 Å². The summed E-state index contributed by atoms with van der Waals surface area (Å²) >= 11 is 0. The van der Waals surface area contributed by atoms with E-state index >= 15 is 0 Å². The summed E-state index contributed by atoms with van der Waals surface area (Å²) in [6, 6.07) is 2.47. The van der Waals surface area contributed by atoms with Crippen LogP contribution in [0.4, 0.5) is 0 Å². The highest BCUT2D eigenvalue weighted by atomic mass is 16.5. The standard InChI is InChI=1S/C12H19N5O/c1-4-9(2)17-6-5-11(15-17)7-13-8-12-14-10(3)18-16-12/h5-6,9,13H,4,7-8H2,1-3H3. The second kappa shape index (κ2) is 5.77. The van der Waals surface area contributed by atoms with Gasteiger partial charge < -0.3 is 9.84 Å². The van der Waals surface area contributed by atoms with E-state index in [4.69, 9.17) is 4.52 Å². The predicted molar refractivity (Wildman–Crippen MR) is 66.8 cm³/mol. The number of nitrogens with zero attached hydrogens (tertiary/aromatic N) is 4. The fraction of sp³-hybridized carbons (Fsp3) is 0.583. The van der Waals surface area contributed by atoms with Crippen molar-refractivity contribution in [3.05, 3.63) is 29.7 Å². The van der Waals surface area contributed by atoms with E-state index in [0.717, 1.165) is 12.1 Å². The molecule has 2 rings (SSSR count). The van der Waals surface area contributed by atoms with E-state index in [1.54, 1.807) is 6.92 Å². The van der Waals surface area contributed by atoms with Gasteiger partial charge in [-0.1, -0.05) is 12.1 Å². The van der Waals surface area contributed by atoms with Crippen molar-refractivity contribution < 1.29 is 4.52 Å². The zero-order chi connectivity index (χ0) is 13.0. The molecule has 0 saturated carbocycles. The number of hydrogen-bond acceptors (Lipinski definition) is 5. The number of aryl methyl sites for hydroxylation is 1. The lowest BCUT2D eigenvalue weighted by Gasteiger charge is -2.08. The second-order valence-electron chi connectivity index (χ2n) is 4.38. The molecular weight excluding hydrogens is 230 g/mol. The van der Waals surface area contributed by atoms with E-state index in [0.29, 0.717) is 30.8 Å². The molecule has 0 aliphatic carbocycles. The Morgan fingerprint density at radius 2 is 2.28 bits per heavy atom. The molecule has 0 aliphatic heterocycles. The van der Waals surface area contributed by atoms with Crippen LogP contribution in [-0.4, -0.2) is 19.9 Å². The Kier molecular flexibility index (Phi) is 4.09. The molecule has 0 bridgehead atoms. The molecule has 98 valence electrons. The van der Waals surface area contributed by atoms with Crippen LogP contribution in [0.25, 0.3) is 0 Å². The normalized spacial score (nSPS) is 12.8. The molecule has 2 aromatic heterocycles. The van der Waals surface area contributed by atoms with Gasteiger partial charge in [-0.05, 0) is 19.4 Å². The minimum atomic E-state index is 0.443. The summed E-state index contributed by atoms with van der Waals surface area (Å²) in [5, 5.41) is 11.6. The molecule has 2 heterocycles. The zero-order valence-corrected chi connectivity index (χ0v) is 11.1. The van der Waals surface area contributed by atoms with Gasteiger partial charge >= 0.3 is 0 Å². The van der Waals surface area contributed by atoms with Crippen molar-refractivity contribution in [3.8, 4) is 0 Å². The third-order valence-corrected chi connectivity index (χ3v) is 2.86. The quantitative estimate of drug-likeness (QED) is 0.846. The van der Waals surface area contributed by atoms with Crippen LogP contribution in [0.15, 0.2) is 16.8 Å². The summed E-state index contributed by atoms with van der Waals surface area (Å²) in [5.41, 5.74) is 1.02. The summed E-state index contributed by atoms with van der Waals surface area (Å²) in [4.78, 5) is 4.12. The molecule has 1 unspecified atom stereocenters. The van der Waals surface area contributed by atoms with Gasteiger partial charge in [-0.15, -0.1) is 0 Å². The van der Waals surface area contributed by atoms with E-state index in [1.165, 1.54) is 0 Å². The number of rotatable bonds is 6. The summed E-state index contributed by atoms with van der Waals surface area (Å²) < 4.78 is 6.89. The zero-order valence-electron chi connectivity index (χ0n) is 11.1. The van der Waals surface area contributed by atoms with Crippen molar-refractivity contribution in [1.29, 1.82) is 0 Å². The van der Waals surface area contributed by atoms with Gasteiger partial charge in [-0.2, -0.15) is 10.1 Å². The van der Waals surface area contributed by atoms with Gasteiger partial charge in [-0.3, -0.25) is 4.68 Å². The Balaban J connectivity index is 1.81. The van der Waals surface area contributed by atoms with Crippen molar-refractivity contribution in [2.45, 2.75) is 46.3 Å². The number of aromatic nitrogens is 4. The van der Waals surface area contributed by atoms with Crippen LogP contribution in [-0.2, 0) is 13.1 Å². The molecule has 0 aliphatic rings. The van der Waals surface area contributed by atoms with E-state index in [1.807, 2.05) is 16.9 Å². The van der Waals surface area contributed by atoms with Gasteiger partial charge in [-0.25, -0.2) is 0 Å². The van der Waals surface area contributed by atoms with Gasteiger partial charge in [0.2, 0.25) is 5.89 Å². The molecule has 1 N–H and O–H groups in total. The van der Waals surface area contributed by atoms with Gasteiger partial charge in [0, 0.05) is 25.7 Å². The fourth-order valence-corrected chi connectivity index (χ4v) is 1.62. The molecular formula is C12H19N5O. The highest BCUT2D eigenvalue weighted by Crippen LogP contribution is 2.09. The van der Waals surface area contributed by atoms with Gasteiger partial charge in [0.25, 0.3) is 0 Å². The van der Waals surface area contributed by atoms with E-state index < -0.39 is 0 Å². The molecule has 6 heteroatoms. The topological polar surface area (TPSA) is 68.8 Å². The summed E-state index contributed by atoms with van der Waals surface area (Å²) in [5.74, 6) is 1.27. The first kappa shape index (κ1) is 12.8. The Morgan fingerprint density at radius 1 is 1.44 bits per heavy atom. The molecule has 6 nitrogen and oxygen atoms in total. The van der Waals surface area contributed by atoms with Gasteiger partial charge in [0.05, 0.1) is 12.2 Å². The van der Waals surface area contributed by atoms with Gasteiger partial charge in [0.1, 0.15) is 0 Å². The SMILES string of the molecule is CCC(C)n1ccc(CNCc2noc(C)n2)n1. The Labute approximate surface area is 106 Å². The number of hydrogen-bond donors (Lipinski definition) is 1. The minimum Gasteiger partial charge on any atom is -0.340 e. The third kappa shape index (κ3) is 3.16. The van der Waals surface area contributed by atoms with Crippen LogP contribution >= 0.6 is 0 Å². The fourth-order valence-electron chi connectivity index (χ4n) is 1.62. The smallest absolute Gasteiger partial charge is 0.223 e. The Hall–Kier alpha value is -1.69. The van der Waals surface area contributed by atoms with Gasteiger partial charge in [0.15, 0.2) is 5.82 Å². The molecule has 0 aromatic carbocycles. The average Bonchev–Trinajstić information content (AvgIpc) is 2.98. The van der Waals surface area contributed by atoms with Crippen molar-refractivity contribution in [2.24, 2.45) is 0 Å². The van der Waals surface area contributed by atoms with Crippen molar-refractivity contribution in [2.75, 3.05) is 0 Å². The third-order valence-electron chi connectivity index (χ3n) is 2.86. The van der Waals surface area contributed by atoms with E-state index in [9.17, 15) is 0 Å². The summed E-state index contributed by atoms with van der Waals surface area (Å²) in [7, 11) is 0. The first-order chi connectivity index (χ1) is 8.69. The first-order valence-corrected chi connectivity index (χ1v) is 6.23. The Morgan fingerprint density at radius 3 is 2.94 bits per heavy atom. The first-order valence-electron chi connectivity index (χ1n) is 6.23. The Bertz CT molecular complexity index is 490. The van der Waals surface area contributed by atoms with Crippen LogP contribution in [0.5, 0.6) is 0 Å². The van der Waals surface area contributed by atoms with Crippen LogP contribution < -0.4 is 5.32 Å². The summed E-state index contributed by atoms with van der Waals surface area (Å²) in [6.07, 6.45) is 3.10. The van der Waals surface area contributed by atoms with E-state index in [-0.39, 0.29) is 0 Å². The molecule has 2 aromatic rings. The maximum absolute atomic E-state index is 4.90. The predicted octanol–water partition coefficient (Wildman–Crippen LogP) is 1.84. The van der Waals surface area contributed by atoms with Crippen LogP contribution in [0.3, 0.4) is 0 Å². The molecule has 1 atom stereocenters. The number of nitrogens with one attached hydrogen (secondary N) is 1. The molecule has 0 radical (unpaired) electrons. The lowest BCUT2D eigenvalue weighted by Crippen LogP contribution is -2.15. The van der Waals surface area contributed by atoms with Crippen LogP contribution in [0.1, 0.15) is 43.7 Å². The average molecular weight is 249 g/mol. The summed E-state index contributed by atoms with van der Waals surface area (Å²) in [6.45, 7) is 7.39. The highest BCUT2D eigenvalue weighted by Gasteiger charge is 2.05. The lowest BCUT2D eigenvalue weighted by molar-refractivity contribution is 0.385. The molecule has 0 spiro atoms. The lowest BCUT2D eigenvalue weighted by atomic mass is 10.3. The maximum Gasteiger partial charge on any atom is 0.223 e. The maximum atomic E-state index is 4.90. The molecule has 0 amide bonds. The minimum absolute atomic E-state index is 0.443. The molecule has 0 fully saturated rings. The molecule has 18 heavy (non-hydrogen) atoms. The monoisotopic (exact) mass is 249 g/mol. The van der Waals surface area contributed by atoms with E-state index in [2.05, 4.69) is 34.4 Å². The highest BCUT2D eigenvalue weighted by molar-refractivity contribution is 4.99. The van der Waals surface area contributed by atoms with Crippen LogP contribution in [0.2, 0.25) is 0 Å². The van der Waals surface area contributed by atoms with Crippen LogP contribution in [0, 0.1) is 6.92 Å². The van der Waals surface area contributed by atoms with Crippen molar-refractivity contribution in [1.82, 2.24) is 25.2 Å². The molecule has 0 saturated heterocycles. The second-order valence-corrected chi connectivity index (χ2v) is 4.38.